The van der Waals surface area contributed by atoms with Crippen LogP contribution in [-0.4, -0.2) is 12.1 Å². The summed E-state index contributed by atoms with van der Waals surface area (Å²) in [5, 5.41) is 0.135. The van der Waals surface area contributed by atoms with Gasteiger partial charge in [-0.05, 0) is 30.5 Å². The molecule has 18 heavy (non-hydrogen) atoms. The van der Waals surface area contributed by atoms with Gasteiger partial charge in [0, 0.05) is 5.54 Å². The van der Waals surface area contributed by atoms with Crippen LogP contribution in [0.4, 0.5) is 4.39 Å². The summed E-state index contributed by atoms with van der Waals surface area (Å²) in [4.78, 5) is 0. The van der Waals surface area contributed by atoms with Crippen molar-refractivity contribution in [1.82, 2.24) is 0 Å². The van der Waals surface area contributed by atoms with Gasteiger partial charge in [0.15, 0.2) is 0 Å². The van der Waals surface area contributed by atoms with E-state index in [-0.39, 0.29) is 10.6 Å². The van der Waals surface area contributed by atoms with Gasteiger partial charge < -0.3 is 10.5 Å². The summed E-state index contributed by atoms with van der Waals surface area (Å²) >= 11 is 5.71. The van der Waals surface area contributed by atoms with E-state index in [1.54, 1.807) is 12.1 Å². The summed E-state index contributed by atoms with van der Waals surface area (Å²) in [6.07, 6.45) is 5.69. The Morgan fingerprint density at radius 2 is 2.00 bits per heavy atom. The second-order valence-electron chi connectivity index (χ2n) is 5.16. The molecule has 0 saturated heterocycles. The molecule has 1 aromatic carbocycles. The lowest BCUT2D eigenvalue weighted by molar-refractivity contribution is 0.0574. The Morgan fingerprint density at radius 1 is 1.28 bits per heavy atom. The zero-order chi connectivity index (χ0) is 13.0. The zero-order valence-electron chi connectivity index (χ0n) is 10.4. The van der Waals surface area contributed by atoms with E-state index in [9.17, 15) is 4.39 Å². The normalized spacial score (nSPS) is 18.8. The van der Waals surface area contributed by atoms with Gasteiger partial charge in [0.05, 0.1) is 18.2 Å². The van der Waals surface area contributed by atoms with Crippen LogP contribution in [-0.2, 0) is 11.3 Å². The van der Waals surface area contributed by atoms with Gasteiger partial charge in [0.25, 0.3) is 0 Å². The van der Waals surface area contributed by atoms with E-state index in [0.29, 0.717) is 13.2 Å². The smallest absolute Gasteiger partial charge is 0.141 e. The van der Waals surface area contributed by atoms with E-state index < -0.39 is 5.82 Å². The van der Waals surface area contributed by atoms with Crippen LogP contribution in [0.5, 0.6) is 0 Å². The maximum Gasteiger partial charge on any atom is 0.141 e. The first kappa shape index (κ1) is 13.8. The molecule has 100 valence electrons. The summed E-state index contributed by atoms with van der Waals surface area (Å²) in [6, 6.07) is 4.64. The third kappa shape index (κ3) is 3.67. The summed E-state index contributed by atoms with van der Waals surface area (Å²) < 4.78 is 18.6. The Hall–Kier alpha value is -0.640. The van der Waals surface area contributed by atoms with Gasteiger partial charge in [0.1, 0.15) is 5.82 Å². The Labute approximate surface area is 112 Å². The molecule has 0 atom stereocenters. The summed E-state index contributed by atoms with van der Waals surface area (Å²) in [6.45, 7) is 0.987. The van der Waals surface area contributed by atoms with Gasteiger partial charge in [-0.25, -0.2) is 4.39 Å². The van der Waals surface area contributed by atoms with Gasteiger partial charge >= 0.3 is 0 Å². The number of halogens is 2. The first-order chi connectivity index (χ1) is 8.59. The molecule has 2 nitrogen and oxygen atoms in total. The van der Waals surface area contributed by atoms with Crippen molar-refractivity contribution in [2.75, 3.05) is 6.61 Å². The van der Waals surface area contributed by atoms with E-state index in [0.717, 1.165) is 18.4 Å². The van der Waals surface area contributed by atoms with Crippen LogP contribution in [0.3, 0.4) is 0 Å². The number of hydrogen-bond acceptors (Lipinski definition) is 2. The lowest BCUT2D eigenvalue weighted by atomic mass is 9.83. The Bertz CT molecular complexity index is 405. The summed E-state index contributed by atoms with van der Waals surface area (Å²) in [7, 11) is 0. The van der Waals surface area contributed by atoms with Crippen molar-refractivity contribution in [2.24, 2.45) is 5.73 Å². The van der Waals surface area contributed by atoms with E-state index in [1.807, 2.05) is 0 Å². The molecule has 1 aliphatic rings. The van der Waals surface area contributed by atoms with Crippen molar-refractivity contribution in [3.63, 3.8) is 0 Å². The molecule has 4 heteroatoms. The highest BCUT2D eigenvalue weighted by Crippen LogP contribution is 2.26. The third-order valence-corrected chi connectivity index (χ3v) is 3.78. The number of ether oxygens (including phenoxy) is 1. The molecular weight excluding hydrogens is 253 g/mol. The first-order valence-electron chi connectivity index (χ1n) is 6.40. The summed E-state index contributed by atoms with van der Waals surface area (Å²) in [5.74, 6) is -0.400. The fraction of sp³-hybridized carbons (Fsp3) is 0.571. The molecular formula is C14H19ClFNO. The van der Waals surface area contributed by atoms with Crippen molar-refractivity contribution >= 4 is 11.6 Å². The number of hydrogen-bond donors (Lipinski definition) is 1. The maximum atomic E-state index is 13.0. The minimum Gasteiger partial charge on any atom is -0.375 e. The maximum absolute atomic E-state index is 13.0. The highest BCUT2D eigenvalue weighted by molar-refractivity contribution is 6.30. The molecule has 0 heterocycles. The first-order valence-corrected chi connectivity index (χ1v) is 6.77. The molecule has 1 aliphatic carbocycles. The van der Waals surface area contributed by atoms with Gasteiger partial charge in [-0.1, -0.05) is 36.9 Å². The standard InChI is InChI=1S/C14H19ClFNO/c15-12-8-11(4-5-13(12)16)9-18-10-14(17)6-2-1-3-7-14/h4-5,8H,1-3,6-7,9-10,17H2. The number of benzene rings is 1. The predicted molar refractivity (Wildman–Crippen MR) is 71.1 cm³/mol. The molecule has 1 saturated carbocycles. The van der Waals surface area contributed by atoms with Gasteiger partial charge in [-0.2, -0.15) is 0 Å². The quantitative estimate of drug-likeness (QED) is 0.907. The van der Waals surface area contributed by atoms with Crippen molar-refractivity contribution in [3.05, 3.63) is 34.6 Å². The van der Waals surface area contributed by atoms with Crippen molar-refractivity contribution in [2.45, 2.75) is 44.2 Å². The zero-order valence-corrected chi connectivity index (χ0v) is 11.2. The lowest BCUT2D eigenvalue weighted by Gasteiger charge is -2.33. The Morgan fingerprint density at radius 3 is 2.67 bits per heavy atom. The highest BCUT2D eigenvalue weighted by atomic mass is 35.5. The lowest BCUT2D eigenvalue weighted by Crippen LogP contribution is -2.46. The fourth-order valence-electron chi connectivity index (χ4n) is 2.40. The van der Waals surface area contributed by atoms with Crippen LogP contribution < -0.4 is 5.73 Å². The van der Waals surface area contributed by atoms with Crippen LogP contribution in [0.1, 0.15) is 37.7 Å². The Balaban J connectivity index is 1.82. The van der Waals surface area contributed by atoms with Crippen LogP contribution in [0, 0.1) is 5.82 Å². The molecule has 0 radical (unpaired) electrons. The predicted octanol–water partition coefficient (Wildman–Crippen LogP) is 3.66. The van der Waals surface area contributed by atoms with Crippen molar-refractivity contribution in [3.8, 4) is 0 Å². The Kier molecular flexibility index (Phi) is 4.60. The van der Waals surface area contributed by atoms with Crippen LogP contribution in [0.15, 0.2) is 18.2 Å². The molecule has 1 aromatic rings. The van der Waals surface area contributed by atoms with Gasteiger partial charge in [-0.15, -0.1) is 0 Å². The van der Waals surface area contributed by atoms with E-state index in [2.05, 4.69) is 0 Å². The average Bonchev–Trinajstić information content (AvgIpc) is 2.34. The second kappa shape index (κ2) is 6.00. The fourth-order valence-corrected chi connectivity index (χ4v) is 2.60. The SMILES string of the molecule is NC1(COCc2ccc(F)c(Cl)c2)CCCCC1. The minimum absolute atomic E-state index is 0.135. The number of nitrogens with two attached hydrogens (primary N) is 1. The number of rotatable bonds is 4. The molecule has 0 bridgehead atoms. The van der Waals surface area contributed by atoms with E-state index in [4.69, 9.17) is 22.1 Å². The van der Waals surface area contributed by atoms with Crippen molar-refractivity contribution < 1.29 is 9.13 Å². The minimum atomic E-state index is -0.400. The second-order valence-corrected chi connectivity index (χ2v) is 5.57. The third-order valence-electron chi connectivity index (χ3n) is 3.49. The van der Waals surface area contributed by atoms with Crippen LogP contribution in [0.2, 0.25) is 5.02 Å². The van der Waals surface area contributed by atoms with Crippen molar-refractivity contribution in [1.29, 1.82) is 0 Å². The monoisotopic (exact) mass is 271 g/mol. The average molecular weight is 272 g/mol. The van der Waals surface area contributed by atoms with E-state index >= 15 is 0 Å². The molecule has 1 fully saturated rings. The summed E-state index contributed by atoms with van der Waals surface area (Å²) in [5.41, 5.74) is 6.96. The molecule has 0 unspecified atom stereocenters. The molecule has 0 aliphatic heterocycles. The van der Waals surface area contributed by atoms with Gasteiger partial charge in [0.2, 0.25) is 0 Å². The highest BCUT2D eigenvalue weighted by Gasteiger charge is 2.27. The molecule has 0 aromatic heterocycles. The largest absolute Gasteiger partial charge is 0.375 e. The topological polar surface area (TPSA) is 35.2 Å². The molecule has 2 rings (SSSR count). The van der Waals surface area contributed by atoms with E-state index in [1.165, 1.54) is 25.3 Å². The molecule has 0 amide bonds. The van der Waals surface area contributed by atoms with Crippen LogP contribution in [0.25, 0.3) is 0 Å². The molecule has 2 N–H and O–H groups in total. The van der Waals surface area contributed by atoms with Crippen LogP contribution >= 0.6 is 11.6 Å². The van der Waals surface area contributed by atoms with Gasteiger partial charge in [-0.3, -0.25) is 0 Å². The molecule has 0 spiro atoms.